The van der Waals surface area contributed by atoms with Crippen LogP contribution >= 0.6 is 0 Å². The number of rotatable bonds is 6. The second-order valence-electron chi connectivity index (χ2n) is 7.23. The predicted molar refractivity (Wildman–Crippen MR) is 104 cm³/mol. The van der Waals surface area contributed by atoms with Crippen molar-refractivity contribution in [3.05, 3.63) is 41.5 Å². The molecule has 3 aromatic heterocycles. The molecule has 0 radical (unpaired) electrons. The van der Waals surface area contributed by atoms with E-state index in [0.29, 0.717) is 34.7 Å². The topological polar surface area (TPSA) is 126 Å². The zero-order chi connectivity index (χ0) is 20.0. The molecule has 1 unspecified atom stereocenters. The number of nitrogens with one attached hydrogen (secondary N) is 3. The maximum absolute atomic E-state index is 11.9. The Labute approximate surface area is 165 Å². The van der Waals surface area contributed by atoms with Crippen molar-refractivity contribution in [3.63, 3.8) is 0 Å². The first-order chi connectivity index (χ1) is 14.1. The van der Waals surface area contributed by atoms with Crippen LogP contribution in [0.15, 0.2) is 34.6 Å². The van der Waals surface area contributed by atoms with E-state index in [0.717, 1.165) is 18.6 Å². The lowest BCUT2D eigenvalue weighted by molar-refractivity contribution is -0.124. The molecule has 148 valence electrons. The van der Waals surface area contributed by atoms with E-state index in [1.807, 2.05) is 19.1 Å². The number of carbonyl (C=O) groups is 2. The lowest BCUT2D eigenvalue weighted by Gasteiger charge is -2.13. The summed E-state index contributed by atoms with van der Waals surface area (Å²) < 4.78 is 7.06. The largest absolute Gasteiger partial charge is 0.467 e. The van der Waals surface area contributed by atoms with Crippen molar-refractivity contribution >= 4 is 35.4 Å². The van der Waals surface area contributed by atoms with E-state index in [1.165, 1.54) is 0 Å². The number of hydrogen-bond donors (Lipinski definition) is 3. The fourth-order valence-electron chi connectivity index (χ4n) is 3.18. The molecule has 3 N–H and O–H groups in total. The van der Waals surface area contributed by atoms with Gasteiger partial charge in [0.15, 0.2) is 5.65 Å². The molecule has 2 fully saturated rings. The van der Waals surface area contributed by atoms with E-state index in [4.69, 9.17) is 4.42 Å². The zero-order valence-corrected chi connectivity index (χ0v) is 15.7. The Morgan fingerprint density at radius 3 is 2.90 bits per heavy atom. The van der Waals surface area contributed by atoms with Gasteiger partial charge in [0.1, 0.15) is 5.76 Å². The van der Waals surface area contributed by atoms with Crippen LogP contribution < -0.4 is 16.0 Å². The molecule has 1 saturated heterocycles. The average Bonchev–Trinajstić information content (AvgIpc) is 3.07. The normalized spacial score (nSPS) is 19.0. The number of nitrogens with zero attached hydrogens (tertiary/aromatic N) is 4. The van der Waals surface area contributed by atoms with Crippen LogP contribution in [0.4, 0.5) is 11.9 Å². The van der Waals surface area contributed by atoms with Crippen molar-refractivity contribution < 1.29 is 14.0 Å². The van der Waals surface area contributed by atoms with Crippen LogP contribution in [0.2, 0.25) is 0 Å². The summed E-state index contributed by atoms with van der Waals surface area (Å²) in [4.78, 5) is 32.6. The van der Waals surface area contributed by atoms with Gasteiger partial charge in [-0.05, 0) is 38.0 Å². The second-order valence-corrected chi connectivity index (χ2v) is 7.23. The summed E-state index contributed by atoms with van der Waals surface area (Å²) in [6.45, 7) is 1.95. The SMILES string of the molecule is CC(Nc1nc(NC2CC2)n2ncc(/C=C3\CC(=O)NC3=O)c2n1)c1ccco1. The number of imide groups is 1. The molecule has 10 nitrogen and oxygen atoms in total. The summed E-state index contributed by atoms with van der Waals surface area (Å²) in [6.07, 6.45) is 7.10. The molecule has 5 rings (SSSR count). The standard InChI is InChI=1S/C19H19N7O3/c1-10(14-3-2-6-29-14)21-18-24-16-12(7-11-8-15(27)23-17(11)28)9-20-26(16)19(25-18)22-13-4-5-13/h2-3,6-7,9-10,13H,4-5,8H2,1H3,(H,23,27,28)(H2,21,22,24,25)/b11-7+. The highest BCUT2D eigenvalue weighted by molar-refractivity contribution is 6.15. The number of fused-ring (bicyclic) bond motifs is 1. The molecule has 4 heterocycles. The Balaban J connectivity index is 1.54. The van der Waals surface area contributed by atoms with Crippen LogP contribution in [0.25, 0.3) is 11.7 Å². The van der Waals surface area contributed by atoms with E-state index in [2.05, 4.69) is 31.0 Å². The van der Waals surface area contributed by atoms with E-state index in [-0.39, 0.29) is 24.3 Å². The molecule has 1 atom stereocenters. The lowest BCUT2D eigenvalue weighted by atomic mass is 10.1. The summed E-state index contributed by atoms with van der Waals surface area (Å²) in [6, 6.07) is 3.94. The van der Waals surface area contributed by atoms with E-state index < -0.39 is 0 Å². The Hall–Kier alpha value is -3.69. The van der Waals surface area contributed by atoms with E-state index in [9.17, 15) is 9.59 Å². The van der Waals surface area contributed by atoms with Gasteiger partial charge in [-0.3, -0.25) is 14.9 Å². The molecular formula is C19H19N7O3. The molecule has 1 saturated carbocycles. The van der Waals surface area contributed by atoms with Gasteiger partial charge in [0.2, 0.25) is 17.8 Å². The Bertz CT molecular complexity index is 1130. The first-order valence-electron chi connectivity index (χ1n) is 9.44. The predicted octanol–water partition coefficient (Wildman–Crippen LogP) is 1.89. The molecule has 0 spiro atoms. The van der Waals surface area contributed by atoms with Gasteiger partial charge in [-0.25, -0.2) is 0 Å². The Kier molecular flexibility index (Phi) is 4.04. The van der Waals surface area contributed by atoms with Crippen LogP contribution in [0.3, 0.4) is 0 Å². The maximum Gasteiger partial charge on any atom is 0.254 e. The number of furan rings is 1. The molecule has 1 aliphatic heterocycles. The molecule has 1 aliphatic carbocycles. The minimum absolute atomic E-state index is 0.0507. The van der Waals surface area contributed by atoms with Gasteiger partial charge in [-0.2, -0.15) is 19.6 Å². The average molecular weight is 393 g/mol. The highest BCUT2D eigenvalue weighted by Gasteiger charge is 2.26. The minimum atomic E-state index is -0.385. The second kappa shape index (κ2) is 6.73. The number of anilines is 2. The quantitative estimate of drug-likeness (QED) is 0.428. The zero-order valence-electron chi connectivity index (χ0n) is 15.7. The number of hydrogen-bond acceptors (Lipinski definition) is 8. The summed E-state index contributed by atoms with van der Waals surface area (Å²) in [5.74, 6) is 1.06. The molecule has 3 aromatic rings. The van der Waals surface area contributed by atoms with Gasteiger partial charge in [0.05, 0.1) is 24.9 Å². The van der Waals surface area contributed by atoms with Crippen LogP contribution in [0.1, 0.15) is 43.6 Å². The van der Waals surface area contributed by atoms with Crippen LogP contribution in [0, 0.1) is 0 Å². The van der Waals surface area contributed by atoms with E-state index >= 15 is 0 Å². The molecule has 2 aliphatic rings. The van der Waals surface area contributed by atoms with Crippen LogP contribution in [-0.2, 0) is 9.59 Å². The van der Waals surface area contributed by atoms with Crippen molar-refractivity contribution in [2.75, 3.05) is 10.6 Å². The highest BCUT2D eigenvalue weighted by Crippen LogP contribution is 2.27. The molecular weight excluding hydrogens is 374 g/mol. The third-order valence-corrected chi connectivity index (χ3v) is 4.85. The van der Waals surface area contributed by atoms with Crippen molar-refractivity contribution in [1.29, 1.82) is 0 Å². The van der Waals surface area contributed by atoms with Gasteiger partial charge in [-0.1, -0.05) is 0 Å². The lowest BCUT2D eigenvalue weighted by Crippen LogP contribution is -2.19. The monoisotopic (exact) mass is 393 g/mol. The first-order valence-corrected chi connectivity index (χ1v) is 9.44. The van der Waals surface area contributed by atoms with Crippen LogP contribution in [0.5, 0.6) is 0 Å². The fourth-order valence-corrected chi connectivity index (χ4v) is 3.18. The van der Waals surface area contributed by atoms with Crippen molar-refractivity contribution in [2.24, 2.45) is 0 Å². The first kappa shape index (κ1) is 17.4. The summed E-state index contributed by atoms with van der Waals surface area (Å²) >= 11 is 0. The summed E-state index contributed by atoms with van der Waals surface area (Å²) in [7, 11) is 0. The number of aromatic nitrogens is 4. The number of carbonyl (C=O) groups excluding carboxylic acids is 2. The van der Waals surface area contributed by atoms with Crippen molar-refractivity contribution in [2.45, 2.75) is 38.3 Å². The molecule has 2 amide bonds. The molecule has 29 heavy (non-hydrogen) atoms. The smallest absolute Gasteiger partial charge is 0.254 e. The van der Waals surface area contributed by atoms with Crippen LogP contribution in [-0.4, -0.2) is 37.4 Å². The molecule has 0 bridgehead atoms. The van der Waals surface area contributed by atoms with Gasteiger partial charge >= 0.3 is 0 Å². The van der Waals surface area contributed by atoms with Crippen molar-refractivity contribution in [3.8, 4) is 0 Å². The van der Waals surface area contributed by atoms with Gasteiger partial charge in [0.25, 0.3) is 5.91 Å². The van der Waals surface area contributed by atoms with Gasteiger partial charge < -0.3 is 15.1 Å². The van der Waals surface area contributed by atoms with Gasteiger partial charge in [0, 0.05) is 17.2 Å². The van der Waals surface area contributed by atoms with E-state index in [1.54, 1.807) is 23.1 Å². The minimum Gasteiger partial charge on any atom is -0.467 e. The number of amides is 2. The van der Waals surface area contributed by atoms with Crippen molar-refractivity contribution in [1.82, 2.24) is 24.9 Å². The highest BCUT2D eigenvalue weighted by atomic mass is 16.3. The third kappa shape index (κ3) is 3.44. The fraction of sp³-hybridized carbons (Fsp3) is 0.316. The third-order valence-electron chi connectivity index (χ3n) is 4.85. The van der Waals surface area contributed by atoms with Gasteiger partial charge in [-0.15, -0.1) is 0 Å². The Morgan fingerprint density at radius 2 is 2.21 bits per heavy atom. The Morgan fingerprint density at radius 1 is 1.34 bits per heavy atom. The molecule has 0 aromatic carbocycles. The molecule has 10 heteroatoms. The summed E-state index contributed by atoms with van der Waals surface area (Å²) in [5.41, 5.74) is 1.57. The summed E-state index contributed by atoms with van der Waals surface area (Å²) in [5, 5.41) is 13.3. The maximum atomic E-state index is 11.9.